The number of benzene rings is 1. The topological polar surface area (TPSA) is 73.3 Å². The first-order valence-electron chi connectivity index (χ1n) is 7.59. The summed E-state index contributed by atoms with van der Waals surface area (Å²) in [5, 5.41) is 5.93. The number of thioether (sulfide) groups is 1. The van der Waals surface area contributed by atoms with Gasteiger partial charge in [0, 0.05) is 29.6 Å². The van der Waals surface area contributed by atoms with Crippen LogP contribution in [-0.2, 0) is 12.2 Å². The molecule has 3 aromatic heterocycles. The lowest BCUT2D eigenvalue weighted by atomic mass is 10.1. The number of rotatable bonds is 4. The zero-order chi connectivity index (χ0) is 16.5. The van der Waals surface area contributed by atoms with Crippen molar-refractivity contribution in [1.29, 1.82) is 0 Å². The van der Waals surface area contributed by atoms with Crippen LogP contribution in [0.1, 0.15) is 18.1 Å². The van der Waals surface area contributed by atoms with Gasteiger partial charge in [-0.2, -0.15) is 4.98 Å². The predicted molar refractivity (Wildman–Crippen MR) is 92.2 cm³/mol. The lowest BCUT2D eigenvalue weighted by molar-refractivity contribution is 0.559. The van der Waals surface area contributed by atoms with Gasteiger partial charge in [0.1, 0.15) is 5.58 Å². The van der Waals surface area contributed by atoms with Crippen LogP contribution in [0, 0.1) is 0 Å². The van der Waals surface area contributed by atoms with E-state index >= 15 is 0 Å². The highest BCUT2D eigenvalue weighted by Gasteiger charge is 2.10. The average Bonchev–Trinajstić information content (AvgIpc) is 3.01. The second-order valence-corrected chi connectivity index (χ2v) is 6.26. The molecule has 0 aliphatic carbocycles. The van der Waals surface area contributed by atoms with Gasteiger partial charge in [0.15, 0.2) is 0 Å². The second kappa shape index (κ2) is 6.09. The van der Waals surface area contributed by atoms with Gasteiger partial charge in [-0.25, -0.2) is 14.3 Å². The molecule has 0 bridgehead atoms. The summed E-state index contributed by atoms with van der Waals surface area (Å²) in [6.45, 7) is 2.07. The molecule has 0 unspecified atom stereocenters. The van der Waals surface area contributed by atoms with Crippen LogP contribution in [0.4, 0.5) is 0 Å². The summed E-state index contributed by atoms with van der Waals surface area (Å²) in [7, 11) is 0. The summed E-state index contributed by atoms with van der Waals surface area (Å²) in [6.07, 6.45) is 4.38. The van der Waals surface area contributed by atoms with Crippen LogP contribution < -0.4 is 5.63 Å². The van der Waals surface area contributed by atoms with Crippen molar-refractivity contribution in [3.05, 3.63) is 64.3 Å². The highest BCUT2D eigenvalue weighted by atomic mass is 32.2. The van der Waals surface area contributed by atoms with Crippen molar-refractivity contribution in [2.75, 3.05) is 0 Å². The van der Waals surface area contributed by atoms with E-state index in [0.717, 1.165) is 22.9 Å². The van der Waals surface area contributed by atoms with Gasteiger partial charge in [0.05, 0.1) is 0 Å². The van der Waals surface area contributed by atoms with Crippen molar-refractivity contribution < 1.29 is 4.42 Å². The molecule has 0 fully saturated rings. The van der Waals surface area contributed by atoms with Gasteiger partial charge in [-0.1, -0.05) is 30.8 Å². The van der Waals surface area contributed by atoms with Gasteiger partial charge >= 0.3 is 5.63 Å². The Morgan fingerprint density at radius 3 is 3.04 bits per heavy atom. The summed E-state index contributed by atoms with van der Waals surface area (Å²) >= 11 is 1.47. The molecular formula is C17H14N4O2S. The molecular weight excluding hydrogens is 324 g/mol. The third-order valence-electron chi connectivity index (χ3n) is 3.76. The summed E-state index contributed by atoms with van der Waals surface area (Å²) in [4.78, 5) is 20.3. The van der Waals surface area contributed by atoms with Crippen LogP contribution >= 0.6 is 11.8 Å². The number of hydrogen-bond acceptors (Lipinski definition) is 6. The molecule has 0 aliphatic heterocycles. The largest absolute Gasteiger partial charge is 0.423 e. The van der Waals surface area contributed by atoms with E-state index < -0.39 is 0 Å². The Bertz CT molecular complexity index is 1050. The Morgan fingerprint density at radius 2 is 2.21 bits per heavy atom. The lowest BCUT2D eigenvalue weighted by Crippen LogP contribution is -2.00. The number of hydrogen-bond donors (Lipinski definition) is 0. The maximum absolute atomic E-state index is 11.8. The molecule has 4 rings (SSSR count). The highest BCUT2D eigenvalue weighted by Crippen LogP contribution is 2.25. The summed E-state index contributed by atoms with van der Waals surface area (Å²) < 4.78 is 6.97. The van der Waals surface area contributed by atoms with E-state index in [1.807, 2.05) is 12.1 Å². The Morgan fingerprint density at radius 1 is 1.29 bits per heavy atom. The molecule has 0 spiro atoms. The van der Waals surface area contributed by atoms with Crippen LogP contribution in [0.15, 0.2) is 57.1 Å². The fraction of sp³-hybridized carbons (Fsp3) is 0.176. The molecule has 6 nitrogen and oxygen atoms in total. The van der Waals surface area contributed by atoms with E-state index in [9.17, 15) is 4.79 Å². The minimum absolute atomic E-state index is 0.337. The first-order valence-corrected chi connectivity index (χ1v) is 8.57. The van der Waals surface area contributed by atoms with Crippen molar-refractivity contribution in [3.8, 4) is 0 Å². The standard InChI is InChI=1S/C17H14N4O2S/c1-2-11-4-5-13-12(9-15(22)23-14(13)8-11)10-24-17-19-16-18-6-3-7-21(16)20-17/h3-9H,2,10H2,1H3. The van der Waals surface area contributed by atoms with Gasteiger partial charge in [0.25, 0.3) is 5.78 Å². The molecule has 0 radical (unpaired) electrons. The van der Waals surface area contributed by atoms with Crippen LogP contribution in [0.25, 0.3) is 16.7 Å². The SMILES string of the molecule is CCc1ccc2c(CSc3nc4ncccn4n3)cc(=O)oc2c1. The third-order valence-corrected chi connectivity index (χ3v) is 4.64. The van der Waals surface area contributed by atoms with Crippen LogP contribution in [0.3, 0.4) is 0 Å². The molecule has 0 saturated heterocycles. The van der Waals surface area contributed by atoms with E-state index in [1.54, 1.807) is 23.0 Å². The van der Waals surface area contributed by atoms with E-state index in [1.165, 1.54) is 17.8 Å². The van der Waals surface area contributed by atoms with Gasteiger partial charge in [-0.3, -0.25) is 0 Å². The Balaban J connectivity index is 1.67. The predicted octanol–water partition coefficient (Wildman–Crippen LogP) is 3.09. The van der Waals surface area contributed by atoms with Gasteiger partial charge < -0.3 is 4.42 Å². The molecule has 7 heteroatoms. The third kappa shape index (κ3) is 2.78. The summed E-state index contributed by atoms with van der Waals surface area (Å²) in [6, 6.07) is 9.33. The number of nitrogens with zero attached hydrogens (tertiary/aromatic N) is 4. The van der Waals surface area contributed by atoms with Crippen LogP contribution in [0.2, 0.25) is 0 Å². The Labute approximate surface area is 141 Å². The fourth-order valence-electron chi connectivity index (χ4n) is 2.53. The molecule has 0 saturated carbocycles. The minimum atomic E-state index is -0.337. The zero-order valence-corrected chi connectivity index (χ0v) is 13.8. The second-order valence-electron chi connectivity index (χ2n) is 5.32. The average molecular weight is 338 g/mol. The van der Waals surface area contributed by atoms with Crippen LogP contribution in [0.5, 0.6) is 0 Å². The first-order chi connectivity index (χ1) is 11.7. The molecule has 0 atom stereocenters. The van der Waals surface area contributed by atoms with Crippen molar-refractivity contribution in [3.63, 3.8) is 0 Å². The first kappa shape index (κ1) is 14.9. The maximum atomic E-state index is 11.8. The molecule has 1 aromatic carbocycles. The van der Waals surface area contributed by atoms with Crippen LogP contribution in [-0.4, -0.2) is 19.6 Å². The minimum Gasteiger partial charge on any atom is -0.423 e. The summed E-state index contributed by atoms with van der Waals surface area (Å²) in [5.74, 6) is 1.15. The van der Waals surface area contributed by atoms with E-state index in [-0.39, 0.29) is 5.63 Å². The Hall–Kier alpha value is -2.67. The molecule has 0 N–H and O–H groups in total. The van der Waals surface area contributed by atoms with Gasteiger partial charge in [-0.05, 0) is 29.7 Å². The van der Waals surface area contributed by atoms with Crippen molar-refractivity contribution in [1.82, 2.24) is 19.6 Å². The number of aromatic nitrogens is 4. The summed E-state index contributed by atoms with van der Waals surface area (Å²) in [5.41, 5.74) is 2.35. The fourth-order valence-corrected chi connectivity index (χ4v) is 3.35. The monoisotopic (exact) mass is 338 g/mol. The molecule has 120 valence electrons. The van der Waals surface area contributed by atoms with E-state index in [0.29, 0.717) is 22.3 Å². The zero-order valence-electron chi connectivity index (χ0n) is 13.0. The Kier molecular flexibility index (Phi) is 3.78. The molecule has 3 heterocycles. The van der Waals surface area contributed by atoms with Gasteiger partial charge in [-0.15, -0.1) is 5.10 Å². The highest BCUT2D eigenvalue weighted by molar-refractivity contribution is 7.98. The lowest BCUT2D eigenvalue weighted by Gasteiger charge is -2.05. The smallest absolute Gasteiger partial charge is 0.336 e. The maximum Gasteiger partial charge on any atom is 0.336 e. The quantitative estimate of drug-likeness (QED) is 0.420. The van der Waals surface area contributed by atoms with E-state index in [4.69, 9.17) is 4.42 Å². The number of fused-ring (bicyclic) bond motifs is 2. The normalized spacial score (nSPS) is 11.4. The molecule has 24 heavy (non-hydrogen) atoms. The molecule has 0 aliphatic rings. The molecule has 4 aromatic rings. The van der Waals surface area contributed by atoms with Crippen molar-refractivity contribution >= 4 is 28.5 Å². The number of aryl methyl sites for hydroxylation is 1. The van der Waals surface area contributed by atoms with Crippen molar-refractivity contribution in [2.45, 2.75) is 24.3 Å². The van der Waals surface area contributed by atoms with Crippen molar-refractivity contribution in [2.24, 2.45) is 0 Å². The van der Waals surface area contributed by atoms with Gasteiger partial charge in [0.2, 0.25) is 5.16 Å². The van der Waals surface area contributed by atoms with E-state index in [2.05, 4.69) is 28.1 Å². The molecule has 0 amide bonds.